The van der Waals surface area contributed by atoms with Crippen LogP contribution < -0.4 is 0 Å². The van der Waals surface area contributed by atoms with Crippen LogP contribution in [0.2, 0.25) is 0 Å². The maximum absolute atomic E-state index is 12.0. The largest absolute Gasteiger partial charge is 0.358 e. The second-order valence-corrected chi connectivity index (χ2v) is 5.61. The van der Waals surface area contributed by atoms with Crippen molar-refractivity contribution in [3.8, 4) is 6.07 Å². The highest BCUT2D eigenvalue weighted by Gasteiger charge is 2.15. The number of oxime groups is 1. The molecule has 0 aliphatic carbocycles. The lowest BCUT2D eigenvalue weighted by Crippen LogP contribution is -2.06. The smallest absolute Gasteiger partial charge is 0.264 e. The molecule has 106 valence electrons. The van der Waals surface area contributed by atoms with Crippen molar-refractivity contribution in [2.24, 2.45) is 5.16 Å². The first kappa shape index (κ1) is 14.8. The van der Waals surface area contributed by atoms with Crippen LogP contribution in [0.1, 0.15) is 12.0 Å². The molecule has 0 fully saturated rings. The van der Waals surface area contributed by atoms with E-state index >= 15 is 0 Å². The van der Waals surface area contributed by atoms with Gasteiger partial charge in [0.15, 0.2) is 0 Å². The lowest BCUT2D eigenvalue weighted by molar-refractivity contribution is 0.338. The second kappa shape index (κ2) is 6.68. The summed E-state index contributed by atoms with van der Waals surface area (Å²) in [4.78, 5) is 0.0121. The monoisotopic (exact) mass is 300 g/mol. The molecule has 0 N–H and O–H groups in total. The Morgan fingerprint density at radius 3 is 2.19 bits per heavy atom. The topological polar surface area (TPSA) is 79.5 Å². The highest BCUT2D eigenvalue weighted by atomic mass is 32.2. The van der Waals surface area contributed by atoms with Crippen molar-refractivity contribution in [3.05, 3.63) is 66.2 Å². The minimum absolute atomic E-state index is 0.0121. The molecule has 0 aromatic heterocycles. The number of nitrogens with zero attached hydrogens (tertiary/aromatic N) is 2. The van der Waals surface area contributed by atoms with Crippen molar-refractivity contribution in [1.82, 2.24) is 0 Å². The van der Waals surface area contributed by atoms with Crippen molar-refractivity contribution in [2.45, 2.75) is 11.3 Å². The van der Waals surface area contributed by atoms with Gasteiger partial charge in [-0.1, -0.05) is 53.7 Å². The van der Waals surface area contributed by atoms with Crippen molar-refractivity contribution >= 4 is 15.8 Å². The molecule has 0 amide bonds. The maximum Gasteiger partial charge on any atom is 0.358 e. The lowest BCUT2D eigenvalue weighted by Gasteiger charge is -2.04. The standard InChI is InChI=1S/C15H12N2O3S/c16-12-11-15(13-7-3-1-4-8-13)17-20-21(18,19)14-9-5-2-6-10-14/h1-10H,11H2. The molecular weight excluding hydrogens is 288 g/mol. The second-order valence-electron chi connectivity index (χ2n) is 4.08. The molecule has 2 rings (SSSR count). The normalized spacial score (nSPS) is 11.7. The van der Waals surface area contributed by atoms with E-state index in [-0.39, 0.29) is 17.0 Å². The molecule has 0 saturated heterocycles. The van der Waals surface area contributed by atoms with E-state index < -0.39 is 10.1 Å². The van der Waals surface area contributed by atoms with Gasteiger partial charge in [-0.05, 0) is 12.1 Å². The van der Waals surface area contributed by atoms with E-state index in [0.717, 1.165) is 0 Å². The van der Waals surface area contributed by atoms with Gasteiger partial charge in [0.25, 0.3) is 0 Å². The summed E-state index contributed by atoms with van der Waals surface area (Å²) in [5, 5.41) is 12.4. The third kappa shape index (κ3) is 3.91. The van der Waals surface area contributed by atoms with Crippen LogP contribution in [0.4, 0.5) is 0 Å². The number of benzene rings is 2. The van der Waals surface area contributed by atoms with E-state index in [9.17, 15) is 8.42 Å². The van der Waals surface area contributed by atoms with Crippen molar-refractivity contribution in [2.75, 3.05) is 0 Å². The molecule has 0 saturated carbocycles. The fourth-order valence-electron chi connectivity index (χ4n) is 1.62. The Morgan fingerprint density at radius 1 is 1.05 bits per heavy atom. The van der Waals surface area contributed by atoms with Crippen LogP contribution in [0.3, 0.4) is 0 Å². The molecule has 2 aromatic rings. The first-order valence-electron chi connectivity index (χ1n) is 6.11. The molecule has 5 nitrogen and oxygen atoms in total. The van der Waals surface area contributed by atoms with Gasteiger partial charge in [0.05, 0.1) is 12.5 Å². The van der Waals surface area contributed by atoms with Gasteiger partial charge in [0.1, 0.15) is 10.6 Å². The van der Waals surface area contributed by atoms with Gasteiger partial charge >= 0.3 is 10.1 Å². The maximum atomic E-state index is 12.0. The number of rotatable bonds is 5. The van der Waals surface area contributed by atoms with E-state index in [1.54, 1.807) is 42.5 Å². The quantitative estimate of drug-likeness (QED) is 0.628. The van der Waals surface area contributed by atoms with Crippen molar-refractivity contribution < 1.29 is 12.7 Å². The van der Waals surface area contributed by atoms with Crippen LogP contribution in [0.15, 0.2) is 70.7 Å². The van der Waals surface area contributed by atoms with Gasteiger partial charge in [-0.3, -0.25) is 4.28 Å². The van der Waals surface area contributed by atoms with E-state index in [0.29, 0.717) is 5.56 Å². The predicted octanol–water partition coefficient (Wildman–Crippen LogP) is 2.71. The lowest BCUT2D eigenvalue weighted by atomic mass is 10.1. The highest BCUT2D eigenvalue weighted by Crippen LogP contribution is 2.13. The zero-order chi connectivity index (χ0) is 15.1. The minimum Gasteiger partial charge on any atom is -0.264 e. The Kier molecular flexibility index (Phi) is 4.69. The molecule has 2 aromatic carbocycles. The Labute approximate surface area is 123 Å². The molecule has 0 heterocycles. The predicted molar refractivity (Wildman–Crippen MR) is 77.9 cm³/mol. The van der Waals surface area contributed by atoms with Crippen molar-refractivity contribution in [1.29, 1.82) is 5.26 Å². The molecule has 0 atom stereocenters. The molecule has 6 heteroatoms. The molecule has 0 unspecified atom stereocenters. The minimum atomic E-state index is -3.98. The van der Waals surface area contributed by atoms with Crippen LogP contribution in [0, 0.1) is 11.3 Å². The van der Waals surface area contributed by atoms with Crippen LogP contribution in [0.5, 0.6) is 0 Å². The SMILES string of the molecule is N#CCC(=NOS(=O)(=O)c1ccccc1)c1ccccc1. The zero-order valence-corrected chi connectivity index (χ0v) is 11.8. The first-order valence-corrected chi connectivity index (χ1v) is 7.52. The highest BCUT2D eigenvalue weighted by molar-refractivity contribution is 7.86. The Balaban J connectivity index is 2.27. The summed E-state index contributed by atoms with van der Waals surface area (Å²) in [6.45, 7) is 0. The molecule has 0 bridgehead atoms. The van der Waals surface area contributed by atoms with E-state index in [2.05, 4.69) is 5.16 Å². The average molecular weight is 300 g/mol. The van der Waals surface area contributed by atoms with Gasteiger partial charge in [0, 0.05) is 5.56 Å². The van der Waals surface area contributed by atoms with Gasteiger partial charge in [0.2, 0.25) is 0 Å². The molecule has 0 aliphatic heterocycles. The van der Waals surface area contributed by atoms with E-state index in [4.69, 9.17) is 9.55 Å². The molecule has 0 aliphatic rings. The van der Waals surface area contributed by atoms with Gasteiger partial charge in [-0.15, -0.1) is 0 Å². The van der Waals surface area contributed by atoms with Gasteiger partial charge < -0.3 is 0 Å². The molecular formula is C15H12N2O3S. The average Bonchev–Trinajstić information content (AvgIpc) is 2.53. The third-order valence-corrected chi connectivity index (χ3v) is 3.75. The molecule has 21 heavy (non-hydrogen) atoms. The number of hydrogen-bond donors (Lipinski definition) is 0. The zero-order valence-electron chi connectivity index (χ0n) is 11.0. The molecule has 0 spiro atoms. The Morgan fingerprint density at radius 2 is 1.62 bits per heavy atom. The summed E-state index contributed by atoms with van der Waals surface area (Å²) < 4.78 is 28.6. The molecule has 0 radical (unpaired) electrons. The van der Waals surface area contributed by atoms with E-state index in [1.807, 2.05) is 12.1 Å². The summed E-state index contributed by atoms with van der Waals surface area (Å²) >= 11 is 0. The van der Waals surface area contributed by atoms with Crippen LogP contribution in [-0.2, 0) is 14.4 Å². The van der Waals surface area contributed by atoms with Crippen LogP contribution in [0.25, 0.3) is 0 Å². The van der Waals surface area contributed by atoms with Gasteiger partial charge in [-0.2, -0.15) is 13.7 Å². The van der Waals surface area contributed by atoms with Crippen molar-refractivity contribution in [3.63, 3.8) is 0 Å². The summed E-state index contributed by atoms with van der Waals surface area (Å²) in [6.07, 6.45) is -0.0473. The van der Waals surface area contributed by atoms with Crippen LogP contribution >= 0.6 is 0 Å². The van der Waals surface area contributed by atoms with E-state index in [1.165, 1.54) is 12.1 Å². The summed E-state index contributed by atoms with van der Waals surface area (Å²) in [6, 6.07) is 18.5. The Bertz CT molecular complexity index is 764. The third-order valence-electron chi connectivity index (χ3n) is 2.63. The summed E-state index contributed by atoms with van der Waals surface area (Å²) in [5.41, 5.74) is 0.903. The summed E-state index contributed by atoms with van der Waals surface area (Å²) in [7, 11) is -3.98. The number of nitriles is 1. The van der Waals surface area contributed by atoms with Crippen LogP contribution in [-0.4, -0.2) is 14.1 Å². The Hall–Kier alpha value is -2.65. The first-order chi connectivity index (χ1) is 10.1. The fourth-order valence-corrected chi connectivity index (χ4v) is 2.38. The van der Waals surface area contributed by atoms with Gasteiger partial charge in [-0.25, -0.2) is 0 Å². The summed E-state index contributed by atoms with van der Waals surface area (Å²) in [5.74, 6) is 0. The fraction of sp³-hybridized carbons (Fsp3) is 0.0667. The number of hydrogen-bond acceptors (Lipinski definition) is 5.